The van der Waals surface area contributed by atoms with Crippen LogP contribution in [0.4, 0.5) is 0 Å². The van der Waals surface area contributed by atoms with Crippen molar-refractivity contribution in [3.05, 3.63) is 48.6 Å². The minimum absolute atomic E-state index is 0.0181. The van der Waals surface area contributed by atoms with Crippen LogP contribution in [-0.2, 0) is 25.8 Å². The summed E-state index contributed by atoms with van der Waals surface area (Å²) >= 11 is 1.49. The van der Waals surface area contributed by atoms with E-state index in [0.29, 0.717) is 13.0 Å². The number of cyclic esters (lactones) is 1. The molecule has 2 fully saturated rings. The maximum Gasteiger partial charge on any atom is 0.311 e. The zero-order chi connectivity index (χ0) is 24.2. The van der Waals surface area contributed by atoms with Crippen molar-refractivity contribution in [2.45, 2.75) is 29.1 Å². The van der Waals surface area contributed by atoms with E-state index in [9.17, 15) is 19.5 Å². The summed E-state index contributed by atoms with van der Waals surface area (Å²) < 4.78 is 6.19. The molecule has 182 valence electrons. The van der Waals surface area contributed by atoms with Crippen LogP contribution in [0.25, 0.3) is 11.0 Å². The van der Waals surface area contributed by atoms with E-state index in [2.05, 4.69) is 10.3 Å². The second kappa shape index (κ2) is 8.49. The summed E-state index contributed by atoms with van der Waals surface area (Å²) in [5.41, 5.74) is 1.53. The van der Waals surface area contributed by atoms with Crippen LogP contribution in [0.3, 0.4) is 0 Å². The van der Waals surface area contributed by atoms with Crippen molar-refractivity contribution >= 4 is 40.6 Å². The number of rotatable bonds is 4. The van der Waals surface area contributed by atoms with Crippen LogP contribution >= 0.6 is 11.8 Å². The fourth-order valence-corrected chi connectivity index (χ4v) is 7.81. The molecule has 0 radical (unpaired) electrons. The van der Waals surface area contributed by atoms with Crippen molar-refractivity contribution in [1.82, 2.24) is 24.8 Å². The molecule has 5 atom stereocenters. The minimum atomic E-state index is -0.925. The normalized spacial score (nSPS) is 32.2. The van der Waals surface area contributed by atoms with Gasteiger partial charge in [0.1, 0.15) is 18.2 Å². The van der Waals surface area contributed by atoms with Gasteiger partial charge in [0.05, 0.1) is 35.3 Å². The number of ether oxygens (including phenoxy) is 1. The summed E-state index contributed by atoms with van der Waals surface area (Å²) in [5, 5.41) is 17.9. The van der Waals surface area contributed by atoms with Crippen LogP contribution < -0.4 is 0 Å². The van der Waals surface area contributed by atoms with E-state index in [4.69, 9.17) is 4.74 Å². The van der Waals surface area contributed by atoms with E-state index >= 15 is 0 Å². The van der Waals surface area contributed by atoms with E-state index in [-0.39, 0.29) is 43.5 Å². The van der Waals surface area contributed by atoms with Gasteiger partial charge in [-0.3, -0.25) is 14.4 Å². The van der Waals surface area contributed by atoms with Crippen LogP contribution in [-0.4, -0.2) is 90.0 Å². The van der Waals surface area contributed by atoms with Gasteiger partial charge in [0.25, 0.3) is 0 Å². The van der Waals surface area contributed by atoms with Crippen molar-refractivity contribution in [3.8, 4) is 0 Å². The number of para-hydroxylation sites is 1. The molecule has 1 aromatic carbocycles. The molecule has 6 rings (SSSR count). The Balaban J connectivity index is 1.40. The number of esters is 1. The van der Waals surface area contributed by atoms with Gasteiger partial charge in [0.15, 0.2) is 0 Å². The number of aliphatic hydroxyl groups excluding tert-OH is 1. The van der Waals surface area contributed by atoms with Gasteiger partial charge in [0.2, 0.25) is 11.8 Å². The lowest BCUT2D eigenvalue weighted by Crippen LogP contribution is -2.53. The maximum absolute atomic E-state index is 14.1. The first-order valence-corrected chi connectivity index (χ1v) is 12.6. The number of hydrogen-bond acceptors (Lipinski definition) is 8. The Hall–Kier alpha value is -3.18. The Morgan fingerprint density at radius 2 is 2.03 bits per heavy atom. The van der Waals surface area contributed by atoms with Crippen molar-refractivity contribution in [1.29, 1.82) is 0 Å². The van der Waals surface area contributed by atoms with Crippen molar-refractivity contribution in [3.63, 3.8) is 0 Å². The molecule has 1 N–H and O–H groups in total. The first kappa shape index (κ1) is 22.3. The standard InChI is InChI=1S/C24H25N5O5S/c30-12-11-28-20-22(32)27(14-29-16-7-2-1-6-15(16)25-26-29)10-5-9-24(20)19(21(28)31)18-17(35-24)8-3-4-13-34-23(18)33/h1-3,5-9,17-20,30H,4,10-14H2/t17-,18+,19-,20?,24-/m0/s1. The Morgan fingerprint density at radius 3 is 2.89 bits per heavy atom. The number of β-amino-alcohol motifs (C(OH)–C–C–N with tert-alkyl or cyclic N) is 1. The van der Waals surface area contributed by atoms with Gasteiger partial charge in [-0.15, -0.1) is 16.9 Å². The van der Waals surface area contributed by atoms with Gasteiger partial charge in [0, 0.05) is 18.3 Å². The zero-order valence-corrected chi connectivity index (χ0v) is 19.7. The second-order valence-corrected chi connectivity index (χ2v) is 10.7. The number of carbonyl (C=O) groups excluding carboxylic acids is 3. The summed E-state index contributed by atoms with van der Waals surface area (Å²) in [4.78, 5) is 43.9. The largest absolute Gasteiger partial charge is 0.465 e. The van der Waals surface area contributed by atoms with E-state index in [1.54, 1.807) is 9.58 Å². The monoisotopic (exact) mass is 495 g/mol. The molecule has 1 spiro atoms. The van der Waals surface area contributed by atoms with Gasteiger partial charge < -0.3 is 19.6 Å². The topological polar surface area (TPSA) is 118 Å². The number of nitrogens with zero attached hydrogens (tertiary/aromatic N) is 5. The molecule has 2 aromatic rings. The Morgan fingerprint density at radius 1 is 1.17 bits per heavy atom. The molecule has 11 heteroatoms. The average molecular weight is 496 g/mol. The minimum Gasteiger partial charge on any atom is -0.465 e. The van der Waals surface area contributed by atoms with E-state index in [0.717, 1.165) is 11.0 Å². The van der Waals surface area contributed by atoms with Crippen molar-refractivity contribution in [2.24, 2.45) is 11.8 Å². The average Bonchev–Trinajstić information content (AvgIpc) is 3.43. The fraction of sp³-hybridized carbons (Fsp3) is 0.458. The SMILES string of the molecule is O=C1OCCC=C[C@@H]2S[C@]34C=CCN(Cn5nnc6ccccc65)C(=O)C3N(CCO)C(=O)[C@@H]4[C@H]12. The zero-order valence-electron chi connectivity index (χ0n) is 18.9. The Bertz CT molecular complexity index is 1260. The lowest BCUT2D eigenvalue weighted by molar-refractivity contribution is -0.153. The number of aromatic nitrogens is 3. The quantitative estimate of drug-likeness (QED) is 0.484. The highest BCUT2D eigenvalue weighted by molar-refractivity contribution is 8.02. The van der Waals surface area contributed by atoms with E-state index in [1.165, 1.54) is 16.7 Å². The number of likely N-dealkylation sites (tertiary alicyclic amines) is 1. The second-order valence-electron chi connectivity index (χ2n) is 9.16. The number of thioether (sulfide) groups is 1. The molecule has 0 aliphatic carbocycles. The molecule has 1 unspecified atom stereocenters. The Kier molecular flexibility index (Phi) is 5.41. The molecule has 1 aromatic heterocycles. The van der Waals surface area contributed by atoms with E-state index < -0.39 is 28.6 Å². The number of aliphatic hydroxyl groups is 1. The van der Waals surface area contributed by atoms with Crippen molar-refractivity contribution < 1.29 is 24.2 Å². The van der Waals surface area contributed by atoms with Gasteiger partial charge in [-0.25, -0.2) is 4.68 Å². The van der Waals surface area contributed by atoms with Gasteiger partial charge in [-0.05, 0) is 18.6 Å². The summed E-state index contributed by atoms with van der Waals surface area (Å²) in [6.07, 6.45) is 8.41. The highest BCUT2D eigenvalue weighted by Gasteiger charge is 2.70. The summed E-state index contributed by atoms with van der Waals surface area (Å²) in [6.45, 7) is 0.509. The maximum atomic E-state index is 14.1. The molecular formula is C24H25N5O5S. The first-order chi connectivity index (χ1) is 17.0. The van der Waals surface area contributed by atoms with Crippen molar-refractivity contribution in [2.75, 3.05) is 26.3 Å². The highest BCUT2D eigenvalue weighted by Crippen LogP contribution is 2.60. The predicted octanol–water partition coefficient (Wildman–Crippen LogP) is 0.580. The fourth-order valence-electron chi connectivity index (χ4n) is 5.81. The van der Waals surface area contributed by atoms with E-state index in [1.807, 2.05) is 48.6 Å². The molecule has 35 heavy (non-hydrogen) atoms. The number of hydrogen-bond donors (Lipinski definition) is 1. The third kappa shape index (κ3) is 3.32. The lowest BCUT2D eigenvalue weighted by Gasteiger charge is -2.34. The molecule has 4 aliphatic rings. The molecule has 2 amide bonds. The molecule has 10 nitrogen and oxygen atoms in total. The third-order valence-electron chi connectivity index (χ3n) is 7.27. The van der Waals surface area contributed by atoms with Gasteiger partial charge in [-0.2, -0.15) is 0 Å². The molecule has 0 bridgehead atoms. The molecule has 4 aliphatic heterocycles. The van der Waals surface area contributed by atoms with Crippen LogP contribution in [0.15, 0.2) is 48.6 Å². The molecule has 2 saturated heterocycles. The third-order valence-corrected chi connectivity index (χ3v) is 9.01. The summed E-state index contributed by atoms with van der Waals surface area (Å²) in [5.74, 6) is -2.35. The summed E-state index contributed by atoms with van der Waals surface area (Å²) in [6, 6.07) is 6.67. The molecule has 5 heterocycles. The van der Waals surface area contributed by atoms with Crippen LogP contribution in [0, 0.1) is 11.8 Å². The highest BCUT2D eigenvalue weighted by atomic mass is 32.2. The van der Waals surface area contributed by atoms with Gasteiger partial charge in [-0.1, -0.05) is 41.7 Å². The predicted molar refractivity (Wildman–Crippen MR) is 127 cm³/mol. The lowest BCUT2D eigenvalue weighted by atomic mass is 9.78. The number of carbonyl (C=O) groups is 3. The van der Waals surface area contributed by atoms with Crippen LogP contribution in [0.1, 0.15) is 6.42 Å². The molecular weight excluding hydrogens is 470 g/mol. The summed E-state index contributed by atoms with van der Waals surface area (Å²) in [7, 11) is 0. The van der Waals surface area contributed by atoms with Gasteiger partial charge >= 0.3 is 5.97 Å². The molecule has 0 saturated carbocycles. The number of benzene rings is 1. The number of fused-ring (bicyclic) bond motifs is 3. The Labute approximate surface area is 205 Å². The first-order valence-electron chi connectivity index (χ1n) is 11.7. The van der Waals surface area contributed by atoms with Crippen LogP contribution in [0.2, 0.25) is 0 Å². The smallest absolute Gasteiger partial charge is 0.311 e. The number of amides is 2. The van der Waals surface area contributed by atoms with Crippen LogP contribution in [0.5, 0.6) is 0 Å².